The molecule has 0 aromatic carbocycles. The van der Waals surface area contributed by atoms with Crippen LogP contribution in [0, 0.1) is 6.92 Å². The van der Waals surface area contributed by atoms with Gasteiger partial charge in [0.2, 0.25) is 0 Å². The Hall–Kier alpha value is -0.410. The molecule has 13 heavy (non-hydrogen) atoms. The van der Waals surface area contributed by atoms with Gasteiger partial charge in [-0.3, -0.25) is 0 Å². The van der Waals surface area contributed by atoms with Crippen LogP contribution in [0.2, 0.25) is 0 Å². The topological polar surface area (TPSA) is 24.9 Å². The third-order valence-corrected chi connectivity index (χ3v) is 2.46. The van der Waals surface area contributed by atoms with Crippen LogP contribution in [0.4, 0.5) is 0 Å². The van der Waals surface area contributed by atoms with E-state index in [0.29, 0.717) is 0 Å². The maximum Gasteiger partial charge on any atom is 0.0940 e. The van der Waals surface area contributed by atoms with Gasteiger partial charge in [0.15, 0.2) is 0 Å². The molecule has 0 aliphatic heterocycles. The number of hydrogen-bond acceptors (Lipinski definition) is 3. The summed E-state index contributed by atoms with van der Waals surface area (Å²) in [6, 6.07) is 0. The lowest BCUT2D eigenvalue weighted by Gasteiger charge is -1.96. The van der Waals surface area contributed by atoms with Crippen molar-refractivity contribution < 1.29 is 1.43 Å². The van der Waals surface area contributed by atoms with E-state index in [-0.39, 0.29) is 1.43 Å². The highest BCUT2D eigenvalue weighted by Gasteiger charge is 1.96. The number of rotatable bonds is 4. The van der Waals surface area contributed by atoms with Crippen LogP contribution in [-0.4, -0.2) is 18.1 Å². The molecule has 0 saturated heterocycles. The first-order valence-corrected chi connectivity index (χ1v) is 5.82. The number of nitrogens with one attached hydrogen (secondary N) is 1. The quantitative estimate of drug-likeness (QED) is 0.759. The molecular formula is C10H22N2S. The second-order valence-corrected chi connectivity index (χ2v) is 3.43. The number of thiazole rings is 1. The lowest BCUT2D eigenvalue weighted by Crippen LogP contribution is -2.15. The van der Waals surface area contributed by atoms with Crippen molar-refractivity contribution in [3.8, 4) is 0 Å². The van der Waals surface area contributed by atoms with Crippen LogP contribution < -0.4 is 5.32 Å². The summed E-state index contributed by atoms with van der Waals surface area (Å²) in [6.45, 7) is 10.2. The third kappa shape index (κ3) is 5.77. The van der Waals surface area contributed by atoms with E-state index in [1.165, 1.54) is 5.01 Å². The first-order chi connectivity index (χ1) is 6.33. The first-order valence-electron chi connectivity index (χ1n) is 4.94. The van der Waals surface area contributed by atoms with Gasteiger partial charge in [-0.2, -0.15) is 0 Å². The van der Waals surface area contributed by atoms with E-state index < -0.39 is 0 Å². The van der Waals surface area contributed by atoms with E-state index in [4.69, 9.17) is 0 Å². The minimum absolute atomic E-state index is 0. The minimum Gasteiger partial charge on any atom is -0.317 e. The molecule has 1 N–H and O–H groups in total. The summed E-state index contributed by atoms with van der Waals surface area (Å²) in [5.74, 6) is 0. The second kappa shape index (κ2) is 8.20. The summed E-state index contributed by atoms with van der Waals surface area (Å²) in [5.41, 5.74) is 1.14. The number of hydrogen-bond donors (Lipinski definition) is 1. The fraction of sp³-hybridized carbons (Fsp3) is 0.700. The van der Waals surface area contributed by atoms with Gasteiger partial charge in [0.1, 0.15) is 0 Å². The highest BCUT2D eigenvalue weighted by molar-refractivity contribution is 7.09. The molecule has 0 fully saturated rings. The lowest BCUT2D eigenvalue weighted by molar-refractivity contribution is 0.714. The average Bonchev–Trinajstić information content (AvgIpc) is 2.56. The largest absolute Gasteiger partial charge is 0.317 e. The second-order valence-electron chi connectivity index (χ2n) is 2.49. The Morgan fingerprint density at radius 2 is 2.23 bits per heavy atom. The standard InChI is InChI=1S/C8H14N2S.C2H6.H2/c1-3-9-5-4-8-10-7(2)6-11-8;1-2;/h6,9H,3-5H2,1-2H3;1-2H3;1H. The predicted molar refractivity (Wildman–Crippen MR) is 62.6 cm³/mol. The zero-order valence-corrected chi connectivity index (χ0v) is 9.87. The number of nitrogens with zero attached hydrogens (tertiary/aromatic N) is 1. The maximum atomic E-state index is 4.36. The van der Waals surface area contributed by atoms with Gasteiger partial charge in [0, 0.05) is 25.5 Å². The van der Waals surface area contributed by atoms with Gasteiger partial charge in [0.25, 0.3) is 0 Å². The van der Waals surface area contributed by atoms with Crippen LogP contribution >= 0.6 is 11.3 Å². The smallest absolute Gasteiger partial charge is 0.0940 e. The summed E-state index contributed by atoms with van der Waals surface area (Å²) < 4.78 is 0. The highest BCUT2D eigenvalue weighted by Crippen LogP contribution is 2.08. The van der Waals surface area contributed by atoms with E-state index in [0.717, 1.165) is 25.2 Å². The van der Waals surface area contributed by atoms with E-state index in [2.05, 4.69) is 22.6 Å². The van der Waals surface area contributed by atoms with Gasteiger partial charge in [-0.15, -0.1) is 11.3 Å². The molecule has 0 bridgehead atoms. The molecule has 0 radical (unpaired) electrons. The van der Waals surface area contributed by atoms with Gasteiger partial charge in [-0.25, -0.2) is 4.98 Å². The molecule has 3 heteroatoms. The molecule has 0 spiro atoms. The Balaban J connectivity index is 0. The van der Waals surface area contributed by atoms with Crippen molar-refractivity contribution in [2.24, 2.45) is 0 Å². The van der Waals surface area contributed by atoms with Crippen molar-refractivity contribution in [2.75, 3.05) is 13.1 Å². The molecule has 2 nitrogen and oxygen atoms in total. The van der Waals surface area contributed by atoms with Crippen molar-refractivity contribution in [1.82, 2.24) is 10.3 Å². The molecule has 1 heterocycles. The third-order valence-electron chi connectivity index (χ3n) is 1.43. The van der Waals surface area contributed by atoms with Gasteiger partial charge < -0.3 is 5.32 Å². The molecule has 0 saturated carbocycles. The lowest BCUT2D eigenvalue weighted by atomic mass is 10.4. The average molecular weight is 202 g/mol. The fourth-order valence-electron chi connectivity index (χ4n) is 0.890. The van der Waals surface area contributed by atoms with Gasteiger partial charge in [0.05, 0.1) is 5.01 Å². The van der Waals surface area contributed by atoms with Crippen molar-refractivity contribution in [3.05, 3.63) is 16.1 Å². The Bertz CT molecular complexity index is 214. The van der Waals surface area contributed by atoms with Crippen LogP contribution in [0.5, 0.6) is 0 Å². The van der Waals surface area contributed by atoms with Gasteiger partial charge >= 0.3 is 0 Å². The molecule has 0 atom stereocenters. The first kappa shape index (κ1) is 12.6. The van der Waals surface area contributed by atoms with Crippen LogP contribution in [0.25, 0.3) is 0 Å². The molecule has 0 aliphatic rings. The Morgan fingerprint density at radius 3 is 2.69 bits per heavy atom. The molecule has 78 valence electrons. The molecule has 0 unspecified atom stereocenters. The monoisotopic (exact) mass is 202 g/mol. The molecule has 0 amide bonds. The molecule has 1 rings (SSSR count). The van der Waals surface area contributed by atoms with Crippen LogP contribution in [0.3, 0.4) is 0 Å². The predicted octanol–water partition coefficient (Wildman–Crippen LogP) is 2.88. The Morgan fingerprint density at radius 1 is 1.54 bits per heavy atom. The van der Waals surface area contributed by atoms with E-state index >= 15 is 0 Å². The molecule has 1 aromatic heterocycles. The fourth-order valence-corrected chi connectivity index (χ4v) is 1.67. The van der Waals surface area contributed by atoms with Crippen LogP contribution in [0.1, 0.15) is 32.9 Å². The molecular weight excluding hydrogens is 180 g/mol. The van der Waals surface area contributed by atoms with Gasteiger partial charge in [-0.05, 0) is 13.5 Å². The summed E-state index contributed by atoms with van der Waals surface area (Å²) in [4.78, 5) is 4.36. The SMILES string of the molecule is CC.CCNCCc1nc(C)cs1.[HH]. The van der Waals surface area contributed by atoms with Crippen LogP contribution in [-0.2, 0) is 6.42 Å². The Kier molecular flexibility index (Phi) is 7.94. The van der Waals surface area contributed by atoms with Crippen molar-refractivity contribution in [1.29, 1.82) is 0 Å². The van der Waals surface area contributed by atoms with E-state index in [9.17, 15) is 0 Å². The molecule has 1 aromatic rings. The van der Waals surface area contributed by atoms with Crippen LogP contribution in [0.15, 0.2) is 5.38 Å². The summed E-state index contributed by atoms with van der Waals surface area (Å²) in [6.07, 6.45) is 1.06. The molecule has 0 aliphatic carbocycles. The summed E-state index contributed by atoms with van der Waals surface area (Å²) in [5, 5.41) is 6.61. The normalized spacial score (nSPS) is 9.23. The number of aromatic nitrogens is 1. The van der Waals surface area contributed by atoms with E-state index in [1.54, 1.807) is 11.3 Å². The van der Waals surface area contributed by atoms with Gasteiger partial charge in [-0.1, -0.05) is 20.8 Å². The maximum absolute atomic E-state index is 4.36. The zero-order chi connectivity index (χ0) is 10.1. The minimum atomic E-state index is 0. The summed E-state index contributed by atoms with van der Waals surface area (Å²) >= 11 is 1.75. The van der Waals surface area contributed by atoms with E-state index in [1.807, 2.05) is 20.8 Å². The van der Waals surface area contributed by atoms with Crippen molar-refractivity contribution >= 4 is 11.3 Å². The highest BCUT2D eigenvalue weighted by atomic mass is 32.1. The zero-order valence-electron chi connectivity index (χ0n) is 9.05. The summed E-state index contributed by atoms with van der Waals surface area (Å²) in [7, 11) is 0. The number of likely N-dealkylation sites (N-methyl/N-ethyl adjacent to an activating group) is 1. The number of aryl methyl sites for hydroxylation is 1. The Labute approximate surface area is 86.9 Å². The van der Waals surface area contributed by atoms with Crippen molar-refractivity contribution in [3.63, 3.8) is 0 Å². The van der Waals surface area contributed by atoms with Crippen molar-refractivity contribution in [2.45, 2.75) is 34.1 Å².